The second-order valence-corrected chi connectivity index (χ2v) is 2.40. The van der Waals surface area contributed by atoms with E-state index in [9.17, 15) is 4.39 Å². The minimum absolute atomic E-state index is 0.133. The predicted molar refractivity (Wildman–Crippen MR) is 50.0 cm³/mol. The van der Waals surface area contributed by atoms with Crippen molar-refractivity contribution in [2.75, 3.05) is 0 Å². The number of nitriles is 1. The van der Waals surface area contributed by atoms with Gasteiger partial charge in [-0.1, -0.05) is 25.4 Å². The van der Waals surface area contributed by atoms with Crippen LogP contribution in [0.5, 0.6) is 0 Å². The Morgan fingerprint density at radius 3 is 2.46 bits per heavy atom. The highest BCUT2D eigenvalue weighted by Gasteiger charge is 2.06. The van der Waals surface area contributed by atoms with Gasteiger partial charge in [-0.15, -0.1) is 0 Å². The Morgan fingerprint density at radius 1 is 1.54 bits per heavy atom. The smallest absolute Gasteiger partial charge is 0.166 e. The summed E-state index contributed by atoms with van der Waals surface area (Å²) in [6.07, 6.45) is 0. The third-order valence-corrected chi connectivity index (χ3v) is 1.46. The first kappa shape index (κ1) is 11.9. The van der Waals surface area contributed by atoms with Gasteiger partial charge in [-0.3, -0.25) is 0 Å². The maximum absolute atomic E-state index is 12.7. The highest BCUT2D eigenvalue weighted by Crippen LogP contribution is 2.15. The summed E-state index contributed by atoms with van der Waals surface area (Å²) in [5, 5.41) is 8.14. The van der Waals surface area contributed by atoms with Gasteiger partial charge in [-0.25, -0.2) is 9.37 Å². The molecule has 0 unspecified atom stereocenters. The zero-order valence-electron chi connectivity index (χ0n) is 7.73. The zero-order chi connectivity index (χ0) is 10.4. The number of rotatable bonds is 0. The Morgan fingerprint density at radius 2 is 2.08 bits per heavy atom. The lowest BCUT2D eigenvalue weighted by molar-refractivity contribution is 0.612. The van der Waals surface area contributed by atoms with Crippen molar-refractivity contribution < 1.29 is 4.39 Å². The quantitative estimate of drug-likeness (QED) is 0.604. The van der Waals surface area contributed by atoms with E-state index in [0.29, 0.717) is 5.56 Å². The van der Waals surface area contributed by atoms with Crippen LogP contribution < -0.4 is 0 Å². The monoisotopic (exact) mass is 200 g/mol. The highest BCUT2D eigenvalue weighted by molar-refractivity contribution is 6.29. The van der Waals surface area contributed by atoms with Crippen LogP contribution in [0.3, 0.4) is 0 Å². The van der Waals surface area contributed by atoms with E-state index in [2.05, 4.69) is 4.98 Å². The lowest BCUT2D eigenvalue weighted by atomic mass is 10.2. The fraction of sp³-hybridized carbons (Fsp3) is 0.333. The molecular formula is C9H10ClFN2. The third-order valence-electron chi connectivity index (χ3n) is 1.21. The number of hydrogen-bond acceptors (Lipinski definition) is 2. The summed E-state index contributed by atoms with van der Waals surface area (Å²) in [7, 11) is 0. The van der Waals surface area contributed by atoms with Crippen molar-refractivity contribution in [3.05, 3.63) is 28.3 Å². The van der Waals surface area contributed by atoms with Gasteiger partial charge in [0.05, 0.1) is 0 Å². The van der Waals surface area contributed by atoms with Gasteiger partial charge in [-0.2, -0.15) is 5.26 Å². The van der Waals surface area contributed by atoms with Gasteiger partial charge in [0, 0.05) is 0 Å². The van der Waals surface area contributed by atoms with Crippen LogP contribution in [0.15, 0.2) is 6.07 Å². The summed E-state index contributed by atoms with van der Waals surface area (Å²) in [5.41, 5.74) is 0.468. The molecule has 4 heteroatoms. The Labute approximate surface area is 82.0 Å². The molecule has 0 aliphatic heterocycles. The molecule has 0 amide bonds. The fourth-order valence-electron chi connectivity index (χ4n) is 0.676. The van der Waals surface area contributed by atoms with Crippen LogP contribution in [0.2, 0.25) is 5.15 Å². The lowest BCUT2D eigenvalue weighted by Crippen LogP contribution is -1.91. The summed E-state index contributed by atoms with van der Waals surface area (Å²) in [5.74, 6) is -0.564. The molecule has 0 aromatic carbocycles. The van der Waals surface area contributed by atoms with E-state index in [1.165, 1.54) is 13.0 Å². The first-order chi connectivity index (χ1) is 6.15. The molecule has 0 aliphatic carbocycles. The molecule has 0 saturated carbocycles. The predicted octanol–water partition coefficient (Wildman–Crippen LogP) is 3.08. The molecule has 1 aromatic heterocycles. The van der Waals surface area contributed by atoms with Crippen LogP contribution in [-0.2, 0) is 0 Å². The van der Waals surface area contributed by atoms with Gasteiger partial charge in [0.2, 0.25) is 0 Å². The minimum atomic E-state index is -0.564. The Kier molecular flexibility index (Phi) is 5.01. The van der Waals surface area contributed by atoms with E-state index in [-0.39, 0.29) is 10.8 Å². The Balaban J connectivity index is 0.000000671. The number of aryl methyl sites for hydroxylation is 1. The SMILES string of the molecule is CC.Cc1cc(C#N)nc(Cl)c1F. The van der Waals surface area contributed by atoms with E-state index in [1.807, 2.05) is 13.8 Å². The van der Waals surface area contributed by atoms with Gasteiger partial charge >= 0.3 is 0 Å². The number of nitrogens with zero attached hydrogens (tertiary/aromatic N) is 2. The average Bonchev–Trinajstić information content (AvgIpc) is 2.16. The molecule has 70 valence electrons. The van der Waals surface area contributed by atoms with Crippen molar-refractivity contribution in [3.8, 4) is 6.07 Å². The van der Waals surface area contributed by atoms with E-state index < -0.39 is 5.82 Å². The average molecular weight is 201 g/mol. The van der Waals surface area contributed by atoms with Gasteiger partial charge in [0.1, 0.15) is 11.8 Å². The van der Waals surface area contributed by atoms with Crippen molar-refractivity contribution in [2.45, 2.75) is 20.8 Å². The molecule has 0 spiro atoms. The minimum Gasteiger partial charge on any atom is -0.222 e. The highest BCUT2D eigenvalue weighted by atomic mass is 35.5. The van der Waals surface area contributed by atoms with Crippen LogP contribution in [-0.4, -0.2) is 4.98 Å². The van der Waals surface area contributed by atoms with Gasteiger partial charge < -0.3 is 0 Å². The van der Waals surface area contributed by atoms with Crippen LogP contribution in [0, 0.1) is 24.1 Å². The molecule has 1 rings (SSSR count). The van der Waals surface area contributed by atoms with E-state index in [4.69, 9.17) is 16.9 Å². The first-order valence-corrected chi connectivity index (χ1v) is 4.25. The molecule has 2 nitrogen and oxygen atoms in total. The maximum Gasteiger partial charge on any atom is 0.166 e. The van der Waals surface area contributed by atoms with Crippen molar-refractivity contribution in [1.82, 2.24) is 4.98 Å². The standard InChI is InChI=1S/C7H4ClFN2.C2H6/c1-4-2-5(3-10)11-7(8)6(4)9;1-2/h2H,1H3;1-2H3. The summed E-state index contributed by atoms with van der Waals surface area (Å²) in [4.78, 5) is 3.48. The molecule has 0 saturated heterocycles. The Hall–Kier alpha value is -1.14. The van der Waals surface area contributed by atoms with E-state index in [0.717, 1.165) is 0 Å². The second kappa shape index (κ2) is 5.50. The fourth-order valence-corrected chi connectivity index (χ4v) is 0.916. The molecule has 0 fully saturated rings. The van der Waals surface area contributed by atoms with E-state index >= 15 is 0 Å². The first-order valence-electron chi connectivity index (χ1n) is 3.88. The normalized spacial score (nSPS) is 8.31. The van der Waals surface area contributed by atoms with Crippen LogP contribution >= 0.6 is 11.6 Å². The number of halogens is 2. The Bertz CT molecular complexity index is 308. The van der Waals surface area contributed by atoms with Crippen LogP contribution in [0.4, 0.5) is 4.39 Å². The van der Waals surface area contributed by atoms with Crippen molar-refractivity contribution >= 4 is 11.6 Å². The largest absolute Gasteiger partial charge is 0.222 e. The maximum atomic E-state index is 12.7. The summed E-state index contributed by atoms with van der Waals surface area (Å²) in [6, 6.07) is 3.12. The summed E-state index contributed by atoms with van der Waals surface area (Å²) < 4.78 is 12.7. The van der Waals surface area contributed by atoms with Gasteiger partial charge in [-0.05, 0) is 18.6 Å². The zero-order valence-corrected chi connectivity index (χ0v) is 8.48. The molecule has 0 bridgehead atoms. The van der Waals surface area contributed by atoms with Crippen LogP contribution in [0.1, 0.15) is 25.1 Å². The summed E-state index contributed by atoms with van der Waals surface area (Å²) in [6.45, 7) is 5.53. The lowest BCUT2D eigenvalue weighted by Gasteiger charge is -1.97. The topological polar surface area (TPSA) is 36.7 Å². The molecule has 0 atom stereocenters. The molecule has 0 aliphatic rings. The third kappa shape index (κ3) is 3.00. The van der Waals surface area contributed by atoms with Gasteiger partial charge in [0.25, 0.3) is 0 Å². The van der Waals surface area contributed by atoms with Gasteiger partial charge in [0.15, 0.2) is 11.0 Å². The number of hydrogen-bond donors (Lipinski definition) is 0. The molecule has 1 aromatic rings. The number of pyridine rings is 1. The van der Waals surface area contributed by atoms with Crippen molar-refractivity contribution in [3.63, 3.8) is 0 Å². The van der Waals surface area contributed by atoms with Crippen molar-refractivity contribution in [1.29, 1.82) is 5.26 Å². The summed E-state index contributed by atoms with van der Waals surface area (Å²) >= 11 is 5.36. The second-order valence-electron chi connectivity index (χ2n) is 2.04. The van der Waals surface area contributed by atoms with E-state index in [1.54, 1.807) is 6.07 Å². The number of aromatic nitrogens is 1. The molecule has 0 radical (unpaired) electrons. The molecule has 1 heterocycles. The molecule has 13 heavy (non-hydrogen) atoms. The molecular weight excluding hydrogens is 191 g/mol. The van der Waals surface area contributed by atoms with Crippen molar-refractivity contribution in [2.24, 2.45) is 0 Å². The van der Waals surface area contributed by atoms with Crippen LogP contribution in [0.25, 0.3) is 0 Å². The molecule has 0 N–H and O–H groups in total.